The van der Waals surface area contributed by atoms with Gasteiger partial charge in [-0.25, -0.2) is 0 Å². The quantitative estimate of drug-likeness (QED) is 0.809. The fraction of sp³-hybridized carbons (Fsp3) is 0.500. The fourth-order valence-electron chi connectivity index (χ4n) is 2.27. The lowest BCUT2D eigenvalue weighted by atomic mass is 10.1. The molecular weight excluding hydrogens is 318 g/mol. The minimum Gasteiger partial charge on any atom is -0.415 e. The fourth-order valence-corrected chi connectivity index (χ4v) is 3.31. The van der Waals surface area contributed by atoms with Gasteiger partial charge >= 0.3 is 0 Å². The smallest absolute Gasteiger partial charge is 0.274 e. The maximum absolute atomic E-state index is 12.3. The molecule has 1 aromatic heterocycles. The molecule has 0 radical (unpaired) electrons. The zero-order valence-corrected chi connectivity index (χ0v) is 16.6. The Kier molecular flexibility index (Phi) is 5.10. The Labute approximate surface area is 144 Å². The van der Waals surface area contributed by atoms with E-state index in [-0.39, 0.29) is 10.6 Å². The molecule has 0 unspecified atom stereocenters. The maximum atomic E-state index is 12.3. The number of anilines is 1. The summed E-state index contributed by atoms with van der Waals surface area (Å²) in [5.74, 6) is 0.461. The highest BCUT2D eigenvalue weighted by Gasteiger charge is 2.36. The van der Waals surface area contributed by atoms with Gasteiger partial charge in [-0.3, -0.25) is 14.6 Å². The molecule has 1 heterocycles. The molecule has 3 N–H and O–H groups in total. The van der Waals surface area contributed by atoms with Gasteiger partial charge in [0.25, 0.3) is 5.56 Å². The van der Waals surface area contributed by atoms with Crippen LogP contribution in [0.2, 0.25) is 18.1 Å². The van der Waals surface area contributed by atoms with Gasteiger partial charge in [0.15, 0.2) is 8.32 Å². The molecule has 1 aromatic carbocycles. The Balaban J connectivity index is 2.15. The van der Waals surface area contributed by atoms with E-state index in [0.29, 0.717) is 24.5 Å². The number of rotatable bonds is 5. The third-order valence-corrected chi connectivity index (χ3v) is 9.47. The van der Waals surface area contributed by atoms with Gasteiger partial charge in [0.2, 0.25) is 0 Å². The first-order valence-electron chi connectivity index (χ1n) is 8.32. The van der Waals surface area contributed by atoms with Crippen molar-refractivity contribution in [3.63, 3.8) is 0 Å². The van der Waals surface area contributed by atoms with Crippen LogP contribution in [0.25, 0.3) is 11.1 Å². The second-order valence-corrected chi connectivity index (χ2v) is 12.6. The molecule has 0 aliphatic carbocycles. The van der Waals surface area contributed by atoms with E-state index in [2.05, 4.69) is 39.0 Å². The van der Waals surface area contributed by atoms with Crippen molar-refractivity contribution in [1.82, 2.24) is 9.78 Å². The van der Waals surface area contributed by atoms with E-state index >= 15 is 0 Å². The third kappa shape index (κ3) is 3.81. The second kappa shape index (κ2) is 6.61. The average Bonchev–Trinajstić information content (AvgIpc) is 2.73. The van der Waals surface area contributed by atoms with E-state index in [9.17, 15) is 4.79 Å². The molecule has 6 heteroatoms. The van der Waals surface area contributed by atoms with Crippen molar-refractivity contribution >= 4 is 14.1 Å². The molecule has 0 spiro atoms. The van der Waals surface area contributed by atoms with Crippen molar-refractivity contribution in [2.75, 3.05) is 12.3 Å². The summed E-state index contributed by atoms with van der Waals surface area (Å²) >= 11 is 0. The number of nitrogens with one attached hydrogen (secondary N) is 1. The predicted octanol–water partition coefficient (Wildman–Crippen LogP) is 3.76. The van der Waals surface area contributed by atoms with Crippen molar-refractivity contribution in [1.29, 1.82) is 0 Å². The van der Waals surface area contributed by atoms with Gasteiger partial charge in [-0.05, 0) is 30.6 Å². The highest BCUT2D eigenvalue weighted by Crippen LogP contribution is 2.36. The number of aryl methyl sites for hydroxylation is 1. The summed E-state index contributed by atoms with van der Waals surface area (Å²) in [4.78, 5) is 12.3. The summed E-state index contributed by atoms with van der Waals surface area (Å²) in [6, 6.07) is 7.80. The number of aromatic nitrogens is 2. The normalized spacial score (nSPS) is 12.6. The standard InChI is InChI=1S/C18H29N3O2Si/c1-13-7-9-14(10-8-13)15-16(19)21(20-17(15)22)11-12-23-24(5,6)18(2,3)4/h7-10H,11-12,19H2,1-6H3,(H,20,22). The van der Waals surface area contributed by atoms with Gasteiger partial charge in [-0.15, -0.1) is 0 Å². The summed E-state index contributed by atoms with van der Waals surface area (Å²) in [6.45, 7) is 14.2. The first kappa shape index (κ1) is 18.5. The van der Waals surface area contributed by atoms with Crippen LogP contribution in [0.4, 0.5) is 5.82 Å². The van der Waals surface area contributed by atoms with Crippen LogP contribution < -0.4 is 11.3 Å². The van der Waals surface area contributed by atoms with E-state index in [0.717, 1.165) is 11.1 Å². The Morgan fingerprint density at radius 1 is 1.21 bits per heavy atom. The molecule has 5 nitrogen and oxygen atoms in total. The average molecular weight is 348 g/mol. The lowest BCUT2D eigenvalue weighted by molar-refractivity contribution is 0.266. The first-order valence-corrected chi connectivity index (χ1v) is 11.2. The maximum Gasteiger partial charge on any atom is 0.274 e. The van der Waals surface area contributed by atoms with Crippen molar-refractivity contribution in [3.8, 4) is 11.1 Å². The number of aromatic amines is 1. The molecule has 0 bridgehead atoms. The monoisotopic (exact) mass is 347 g/mol. The zero-order valence-electron chi connectivity index (χ0n) is 15.6. The second-order valence-electron chi connectivity index (χ2n) is 7.83. The number of H-pyrrole nitrogens is 1. The molecular formula is C18H29N3O2Si. The molecule has 0 atom stereocenters. The number of hydrogen-bond acceptors (Lipinski definition) is 3. The summed E-state index contributed by atoms with van der Waals surface area (Å²) in [7, 11) is -1.80. The minimum atomic E-state index is -1.80. The van der Waals surface area contributed by atoms with Crippen molar-refractivity contribution in [2.24, 2.45) is 0 Å². The van der Waals surface area contributed by atoms with Gasteiger partial charge in [-0.1, -0.05) is 50.6 Å². The number of hydrogen-bond donors (Lipinski definition) is 2. The summed E-state index contributed by atoms with van der Waals surface area (Å²) in [5, 5.41) is 2.98. The highest BCUT2D eigenvalue weighted by atomic mass is 28.4. The molecule has 0 amide bonds. The van der Waals surface area contributed by atoms with E-state index in [1.54, 1.807) is 4.68 Å². The summed E-state index contributed by atoms with van der Waals surface area (Å²) in [5.41, 5.74) is 8.55. The van der Waals surface area contributed by atoms with Gasteiger partial charge < -0.3 is 10.2 Å². The Morgan fingerprint density at radius 3 is 2.33 bits per heavy atom. The van der Waals surface area contributed by atoms with Crippen LogP contribution in [0.3, 0.4) is 0 Å². The zero-order chi connectivity index (χ0) is 18.1. The van der Waals surface area contributed by atoms with Crippen LogP contribution in [0.15, 0.2) is 29.1 Å². The lowest BCUT2D eigenvalue weighted by Gasteiger charge is -2.36. The number of nitrogens with two attached hydrogens (primary N) is 1. The Bertz CT molecular complexity index is 752. The highest BCUT2D eigenvalue weighted by molar-refractivity contribution is 6.74. The van der Waals surface area contributed by atoms with Crippen LogP contribution >= 0.6 is 0 Å². The molecule has 24 heavy (non-hydrogen) atoms. The topological polar surface area (TPSA) is 73.0 Å². The number of nitrogens with zero attached hydrogens (tertiary/aromatic N) is 1. The molecule has 0 saturated heterocycles. The molecule has 0 saturated carbocycles. The van der Waals surface area contributed by atoms with Crippen LogP contribution in [-0.2, 0) is 11.0 Å². The number of nitrogen functional groups attached to an aromatic ring is 1. The van der Waals surface area contributed by atoms with Crippen LogP contribution in [0.5, 0.6) is 0 Å². The molecule has 2 rings (SSSR count). The Hall–Kier alpha value is -1.79. The Morgan fingerprint density at radius 2 is 1.79 bits per heavy atom. The molecule has 0 aliphatic rings. The van der Waals surface area contributed by atoms with Gasteiger partial charge in [0.05, 0.1) is 18.7 Å². The van der Waals surface area contributed by atoms with Crippen LogP contribution in [-0.4, -0.2) is 24.7 Å². The van der Waals surface area contributed by atoms with Gasteiger partial charge in [0, 0.05) is 0 Å². The van der Waals surface area contributed by atoms with Gasteiger partial charge in [-0.2, -0.15) is 0 Å². The molecule has 132 valence electrons. The summed E-state index contributed by atoms with van der Waals surface area (Å²) in [6.07, 6.45) is 0. The van der Waals surface area contributed by atoms with E-state index in [1.807, 2.05) is 31.2 Å². The van der Waals surface area contributed by atoms with Crippen LogP contribution in [0.1, 0.15) is 26.3 Å². The largest absolute Gasteiger partial charge is 0.415 e. The predicted molar refractivity (Wildman–Crippen MR) is 103 cm³/mol. The molecule has 0 aliphatic heterocycles. The number of benzene rings is 1. The van der Waals surface area contributed by atoms with E-state index < -0.39 is 8.32 Å². The molecule has 2 aromatic rings. The lowest BCUT2D eigenvalue weighted by Crippen LogP contribution is -2.41. The van der Waals surface area contributed by atoms with Crippen molar-refractivity contribution in [3.05, 3.63) is 40.2 Å². The third-order valence-electron chi connectivity index (χ3n) is 4.93. The van der Waals surface area contributed by atoms with Crippen molar-refractivity contribution in [2.45, 2.75) is 52.4 Å². The van der Waals surface area contributed by atoms with Crippen LogP contribution in [0, 0.1) is 6.92 Å². The van der Waals surface area contributed by atoms with Crippen molar-refractivity contribution < 1.29 is 4.43 Å². The first-order chi connectivity index (χ1) is 11.0. The molecule has 0 fully saturated rings. The van der Waals surface area contributed by atoms with E-state index in [1.165, 1.54) is 0 Å². The SMILES string of the molecule is Cc1ccc(-c2c(N)n(CCO[Si](C)(C)C(C)(C)C)[nH]c2=O)cc1. The van der Waals surface area contributed by atoms with Gasteiger partial charge in [0.1, 0.15) is 5.82 Å². The minimum absolute atomic E-state index is 0.162. The van der Waals surface area contributed by atoms with E-state index in [4.69, 9.17) is 10.2 Å². The summed E-state index contributed by atoms with van der Waals surface area (Å²) < 4.78 is 7.85.